The molecule has 0 radical (unpaired) electrons. The SMILES string of the molecule is CCC(Cc1ccccc1)(Cc1ccccc1N1CCOCC1)N(C)C.NC=O. The van der Waals surface area contributed by atoms with E-state index in [0.717, 1.165) is 45.6 Å². The number of hydrogen-bond donors (Lipinski definition) is 1. The fourth-order valence-electron chi connectivity index (χ4n) is 4.05. The molecule has 1 aliphatic rings. The Morgan fingerprint density at radius 2 is 1.62 bits per heavy atom. The Kier molecular flexibility index (Phi) is 9.16. The largest absolute Gasteiger partial charge is 0.378 e. The van der Waals surface area contributed by atoms with Gasteiger partial charge in [-0.25, -0.2) is 0 Å². The summed E-state index contributed by atoms with van der Waals surface area (Å²) in [5.74, 6) is 0. The van der Waals surface area contributed by atoms with Gasteiger partial charge in [0.2, 0.25) is 6.41 Å². The summed E-state index contributed by atoms with van der Waals surface area (Å²) in [6.45, 7) is 5.93. The molecule has 0 aromatic heterocycles. The first-order valence-electron chi connectivity index (χ1n) is 10.3. The third kappa shape index (κ3) is 6.31. The number of carbonyl (C=O) groups is 1. The van der Waals surface area contributed by atoms with Crippen LogP contribution in [-0.4, -0.2) is 57.2 Å². The van der Waals surface area contributed by atoms with E-state index in [9.17, 15) is 0 Å². The molecule has 3 rings (SSSR count). The Hall–Kier alpha value is -2.37. The van der Waals surface area contributed by atoms with Gasteiger partial charge in [-0.15, -0.1) is 0 Å². The maximum absolute atomic E-state index is 8.58. The molecule has 1 aliphatic heterocycles. The highest BCUT2D eigenvalue weighted by Crippen LogP contribution is 2.32. The number of nitrogens with two attached hydrogens (primary N) is 1. The van der Waals surface area contributed by atoms with Crippen LogP contribution in [0.2, 0.25) is 0 Å². The van der Waals surface area contributed by atoms with Crippen molar-refractivity contribution in [3.05, 3.63) is 65.7 Å². The number of nitrogens with zero attached hydrogens (tertiary/aromatic N) is 2. The number of hydrogen-bond acceptors (Lipinski definition) is 4. The Morgan fingerprint density at radius 3 is 2.21 bits per heavy atom. The van der Waals surface area contributed by atoms with Gasteiger partial charge in [-0.3, -0.25) is 4.79 Å². The quantitative estimate of drug-likeness (QED) is 0.730. The number of amides is 1. The molecule has 1 atom stereocenters. The first kappa shape index (κ1) is 22.9. The van der Waals surface area contributed by atoms with Crippen molar-refractivity contribution < 1.29 is 9.53 Å². The van der Waals surface area contributed by atoms with Crippen molar-refractivity contribution in [2.75, 3.05) is 45.3 Å². The van der Waals surface area contributed by atoms with Crippen LogP contribution >= 0.6 is 0 Å². The first-order chi connectivity index (χ1) is 14.1. The summed E-state index contributed by atoms with van der Waals surface area (Å²) < 4.78 is 5.55. The summed E-state index contributed by atoms with van der Waals surface area (Å²) in [5.41, 5.74) is 8.51. The van der Waals surface area contributed by atoms with E-state index in [4.69, 9.17) is 9.53 Å². The summed E-state index contributed by atoms with van der Waals surface area (Å²) in [4.78, 5) is 13.5. The van der Waals surface area contributed by atoms with Gasteiger partial charge in [0.15, 0.2) is 0 Å². The van der Waals surface area contributed by atoms with Crippen LogP contribution < -0.4 is 10.6 Å². The highest BCUT2D eigenvalue weighted by Gasteiger charge is 2.32. The number of likely N-dealkylation sites (N-methyl/N-ethyl adjacent to an activating group) is 1. The lowest BCUT2D eigenvalue weighted by atomic mass is 9.81. The van der Waals surface area contributed by atoms with Crippen LogP contribution in [0, 0.1) is 0 Å². The van der Waals surface area contributed by atoms with Crippen molar-refractivity contribution in [1.82, 2.24) is 4.90 Å². The molecule has 2 N–H and O–H groups in total. The molecule has 2 aromatic carbocycles. The fraction of sp³-hybridized carbons (Fsp3) is 0.458. The van der Waals surface area contributed by atoms with Gasteiger partial charge < -0.3 is 20.3 Å². The Bertz CT molecular complexity index is 730. The monoisotopic (exact) mass is 397 g/mol. The van der Waals surface area contributed by atoms with Gasteiger partial charge in [-0.1, -0.05) is 55.5 Å². The van der Waals surface area contributed by atoms with Gasteiger partial charge in [-0.2, -0.15) is 0 Å². The number of primary amides is 1. The van der Waals surface area contributed by atoms with Crippen molar-refractivity contribution in [2.24, 2.45) is 5.73 Å². The molecule has 158 valence electrons. The lowest BCUT2D eigenvalue weighted by molar-refractivity contribution is -0.106. The molecule has 1 unspecified atom stereocenters. The van der Waals surface area contributed by atoms with Gasteiger partial charge in [0.05, 0.1) is 13.2 Å². The number of rotatable bonds is 7. The minimum atomic E-state index is 0.115. The lowest BCUT2D eigenvalue weighted by Crippen LogP contribution is -2.48. The van der Waals surface area contributed by atoms with Crippen LogP contribution in [0.1, 0.15) is 24.5 Å². The van der Waals surface area contributed by atoms with Crippen LogP contribution in [0.15, 0.2) is 54.6 Å². The fourth-order valence-corrected chi connectivity index (χ4v) is 4.05. The standard InChI is InChI=1S/C23H32N2O.CH3NO/c1-4-23(24(2)3,18-20-10-6-5-7-11-20)19-21-12-8-9-13-22(21)25-14-16-26-17-15-25;2-1-3/h5-13H,4,14-19H2,1-3H3;1H,(H2,2,3). The summed E-state index contributed by atoms with van der Waals surface area (Å²) in [6, 6.07) is 19.8. The zero-order valence-corrected chi connectivity index (χ0v) is 18.0. The summed E-state index contributed by atoms with van der Waals surface area (Å²) >= 11 is 0. The first-order valence-corrected chi connectivity index (χ1v) is 10.3. The molecule has 0 spiro atoms. The maximum Gasteiger partial charge on any atom is 0.204 e. The predicted octanol–water partition coefficient (Wildman–Crippen LogP) is 3.12. The molecule has 0 aliphatic carbocycles. The van der Waals surface area contributed by atoms with E-state index in [1.54, 1.807) is 0 Å². The molecule has 1 saturated heterocycles. The van der Waals surface area contributed by atoms with Gasteiger partial charge in [-0.05, 0) is 50.6 Å². The smallest absolute Gasteiger partial charge is 0.204 e. The second kappa shape index (κ2) is 11.6. The molecule has 0 bridgehead atoms. The molecule has 1 heterocycles. The second-order valence-electron chi connectivity index (χ2n) is 7.68. The van der Waals surface area contributed by atoms with Gasteiger partial charge in [0, 0.05) is 24.3 Å². The van der Waals surface area contributed by atoms with Crippen LogP contribution in [0.3, 0.4) is 0 Å². The van der Waals surface area contributed by atoms with Gasteiger partial charge in [0.1, 0.15) is 0 Å². The van der Waals surface area contributed by atoms with Crippen LogP contribution in [-0.2, 0) is 22.4 Å². The number of para-hydroxylation sites is 1. The zero-order valence-electron chi connectivity index (χ0n) is 18.0. The highest BCUT2D eigenvalue weighted by atomic mass is 16.5. The second-order valence-corrected chi connectivity index (χ2v) is 7.68. The van der Waals surface area contributed by atoms with Crippen molar-refractivity contribution in [3.63, 3.8) is 0 Å². The highest BCUT2D eigenvalue weighted by molar-refractivity contribution is 5.54. The molecular weight excluding hydrogens is 362 g/mol. The minimum Gasteiger partial charge on any atom is -0.378 e. The number of carbonyl (C=O) groups excluding carboxylic acids is 1. The number of ether oxygens (including phenoxy) is 1. The predicted molar refractivity (Wildman–Crippen MR) is 120 cm³/mol. The number of benzene rings is 2. The third-order valence-electron chi connectivity index (χ3n) is 5.85. The van der Waals surface area contributed by atoms with E-state index >= 15 is 0 Å². The minimum absolute atomic E-state index is 0.115. The third-order valence-corrected chi connectivity index (χ3v) is 5.85. The molecular formula is C24H35N3O2. The molecule has 5 heteroatoms. The molecule has 1 fully saturated rings. The van der Waals surface area contributed by atoms with E-state index in [1.165, 1.54) is 16.8 Å². The van der Waals surface area contributed by atoms with E-state index in [0.29, 0.717) is 0 Å². The molecule has 0 saturated carbocycles. The van der Waals surface area contributed by atoms with E-state index < -0.39 is 0 Å². The summed E-state index contributed by atoms with van der Waals surface area (Å²) in [6.07, 6.45) is 3.49. The Balaban J connectivity index is 0.000000941. The Labute approximate surface area is 175 Å². The van der Waals surface area contributed by atoms with Crippen molar-refractivity contribution in [2.45, 2.75) is 31.7 Å². The maximum atomic E-state index is 8.58. The van der Waals surface area contributed by atoms with Crippen LogP contribution in [0.4, 0.5) is 5.69 Å². The van der Waals surface area contributed by atoms with Crippen molar-refractivity contribution >= 4 is 12.1 Å². The summed E-state index contributed by atoms with van der Waals surface area (Å²) in [5, 5.41) is 0. The van der Waals surface area contributed by atoms with E-state index in [2.05, 4.69) is 91.1 Å². The summed E-state index contributed by atoms with van der Waals surface area (Å²) in [7, 11) is 4.45. The molecule has 2 aromatic rings. The lowest BCUT2D eigenvalue weighted by Gasteiger charge is -2.41. The van der Waals surface area contributed by atoms with E-state index in [-0.39, 0.29) is 11.9 Å². The molecule has 29 heavy (non-hydrogen) atoms. The average Bonchev–Trinajstić information content (AvgIpc) is 2.75. The van der Waals surface area contributed by atoms with Gasteiger partial charge >= 0.3 is 0 Å². The normalized spacial score (nSPS) is 15.9. The van der Waals surface area contributed by atoms with Crippen molar-refractivity contribution in [3.8, 4) is 0 Å². The Morgan fingerprint density at radius 1 is 1.03 bits per heavy atom. The zero-order chi connectivity index (χ0) is 21.1. The molecule has 1 amide bonds. The number of anilines is 1. The topological polar surface area (TPSA) is 58.8 Å². The average molecular weight is 398 g/mol. The van der Waals surface area contributed by atoms with Crippen LogP contribution in [0.5, 0.6) is 0 Å². The number of morpholine rings is 1. The van der Waals surface area contributed by atoms with Crippen molar-refractivity contribution in [1.29, 1.82) is 0 Å². The van der Waals surface area contributed by atoms with Gasteiger partial charge in [0.25, 0.3) is 0 Å². The van der Waals surface area contributed by atoms with Crippen LogP contribution in [0.25, 0.3) is 0 Å². The molecule has 5 nitrogen and oxygen atoms in total. The van der Waals surface area contributed by atoms with E-state index in [1.807, 2.05) is 0 Å².